The first-order valence-electron chi connectivity index (χ1n) is 11.4. The number of aryl methyl sites for hydroxylation is 1. The van der Waals surface area contributed by atoms with Gasteiger partial charge in [-0.2, -0.15) is 5.10 Å². The highest BCUT2D eigenvalue weighted by Gasteiger charge is 2.27. The van der Waals surface area contributed by atoms with Crippen LogP contribution in [-0.2, 0) is 17.9 Å². The van der Waals surface area contributed by atoms with Crippen molar-refractivity contribution in [1.82, 2.24) is 14.7 Å². The number of benzene rings is 2. The fourth-order valence-corrected chi connectivity index (χ4v) is 4.46. The zero-order valence-corrected chi connectivity index (χ0v) is 19.2. The Hall–Kier alpha value is -3.12. The normalized spacial score (nSPS) is 16.7. The zero-order valence-electron chi connectivity index (χ0n) is 19.2. The van der Waals surface area contributed by atoms with Gasteiger partial charge in [-0.15, -0.1) is 0 Å². The van der Waals surface area contributed by atoms with E-state index >= 15 is 0 Å². The van der Waals surface area contributed by atoms with Crippen LogP contribution < -0.4 is 10.1 Å². The Balaban J connectivity index is 1.44. The van der Waals surface area contributed by atoms with E-state index in [1.165, 1.54) is 11.3 Å². The SMILES string of the molecule is CCn1ncc(CN2CCC[C@@H](C(=O)Nc3ccccc3-c3ccc(OC)cc3)C2)c1C. The van der Waals surface area contributed by atoms with Crippen molar-refractivity contribution in [3.63, 3.8) is 0 Å². The number of nitrogens with one attached hydrogen (secondary N) is 1. The quantitative estimate of drug-likeness (QED) is 0.586. The van der Waals surface area contributed by atoms with Gasteiger partial charge in [0.05, 0.1) is 19.2 Å². The molecule has 168 valence electrons. The summed E-state index contributed by atoms with van der Waals surface area (Å²) in [4.78, 5) is 15.6. The predicted molar refractivity (Wildman–Crippen MR) is 128 cm³/mol. The van der Waals surface area contributed by atoms with Crippen molar-refractivity contribution >= 4 is 11.6 Å². The number of amides is 1. The number of hydrogen-bond donors (Lipinski definition) is 1. The first kappa shape index (κ1) is 22.1. The molecular formula is C26H32N4O2. The van der Waals surface area contributed by atoms with E-state index in [0.717, 1.165) is 61.6 Å². The van der Waals surface area contributed by atoms with E-state index in [1.54, 1.807) is 7.11 Å². The van der Waals surface area contributed by atoms with Crippen LogP contribution in [0.4, 0.5) is 5.69 Å². The van der Waals surface area contributed by atoms with Gasteiger partial charge < -0.3 is 10.1 Å². The van der Waals surface area contributed by atoms with Crippen molar-refractivity contribution in [1.29, 1.82) is 0 Å². The number of ether oxygens (including phenoxy) is 1. The number of anilines is 1. The van der Waals surface area contributed by atoms with Crippen LogP contribution in [0.25, 0.3) is 11.1 Å². The molecule has 2 aromatic carbocycles. The van der Waals surface area contributed by atoms with E-state index in [1.807, 2.05) is 59.4 Å². The largest absolute Gasteiger partial charge is 0.497 e. The van der Waals surface area contributed by atoms with Gasteiger partial charge in [-0.3, -0.25) is 14.4 Å². The van der Waals surface area contributed by atoms with Gasteiger partial charge in [0.2, 0.25) is 5.91 Å². The maximum absolute atomic E-state index is 13.2. The zero-order chi connectivity index (χ0) is 22.5. The van der Waals surface area contributed by atoms with Crippen molar-refractivity contribution in [3.8, 4) is 16.9 Å². The molecule has 6 nitrogen and oxygen atoms in total. The molecule has 1 aromatic heterocycles. The topological polar surface area (TPSA) is 59.4 Å². The minimum atomic E-state index is -0.0193. The molecule has 0 radical (unpaired) electrons. The number of methoxy groups -OCH3 is 1. The molecule has 1 saturated heterocycles. The lowest BCUT2D eigenvalue weighted by atomic mass is 9.96. The van der Waals surface area contributed by atoms with Gasteiger partial charge in [0.1, 0.15) is 5.75 Å². The summed E-state index contributed by atoms with van der Waals surface area (Å²) >= 11 is 0. The van der Waals surface area contributed by atoms with Crippen LogP contribution in [0.2, 0.25) is 0 Å². The third kappa shape index (κ3) is 4.86. The maximum Gasteiger partial charge on any atom is 0.228 e. The minimum absolute atomic E-state index is 0.0193. The molecule has 2 heterocycles. The van der Waals surface area contributed by atoms with Crippen LogP contribution in [0.15, 0.2) is 54.7 Å². The lowest BCUT2D eigenvalue weighted by Gasteiger charge is -2.32. The van der Waals surface area contributed by atoms with Gasteiger partial charge >= 0.3 is 0 Å². The molecular weight excluding hydrogens is 400 g/mol. The van der Waals surface area contributed by atoms with Crippen molar-refractivity contribution in [2.24, 2.45) is 5.92 Å². The summed E-state index contributed by atoms with van der Waals surface area (Å²) in [5.41, 5.74) is 5.37. The summed E-state index contributed by atoms with van der Waals surface area (Å²) in [7, 11) is 1.66. The van der Waals surface area contributed by atoms with Crippen molar-refractivity contribution in [2.75, 3.05) is 25.5 Å². The van der Waals surface area contributed by atoms with Crippen LogP contribution >= 0.6 is 0 Å². The molecule has 3 aromatic rings. The Bertz CT molecular complexity index is 1060. The van der Waals surface area contributed by atoms with Gasteiger partial charge in [-0.1, -0.05) is 30.3 Å². The highest BCUT2D eigenvalue weighted by molar-refractivity contribution is 5.97. The summed E-state index contributed by atoms with van der Waals surface area (Å²) in [5, 5.41) is 7.66. The molecule has 32 heavy (non-hydrogen) atoms. The summed E-state index contributed by atoms with van der Waals surface area (Å²) < 4.78 is 7.29. The maximum atomic E-state index is 13.2. The molecule has 0 unspecified atom stereocenters. The average Bonchev–Trinajstić information content (AvgIpc) is 3.18. The number of hydrogen-bond acceptors (Lipinski definition) is 4. The average molecular weight is 433 g/mol. The second kappa shape index (κ2) is 10.0. The number of nitrogens with zero attached hydrogens (tertiary/aromatic N) is 3. The van der Waals surface area contributed by atoms with Crippen LogP contribution in [0.3, 0.4) is 0 Å². The van der Waals surface area contributed by atoms with Gasteiger partial charge in [-0.05, 0) is 57.0 Å². The summed E-state index contributed by atoms with van der Waals surface area (Å²) in [6.07, 6.45) is 3.91. The molecule has 1 amide bonds. The van der Waals surface area contributed by atoms with Gasteiger partial charge in [0.15, 0.2) is 0 Å². The third-order valence-electron chi connectivity index (χ3n) is 6.36. The van der Waals surface area contributed by atoms with E-state index in [2.05, 4.69) is 29.2 Å². The second-order valence-corrected chi connectivity index (χ2v) is 8.41. The molecule has 6 heteroatoms. The highest BCUT2D eigenvalue weighted by Crippen LogP contribution is 2.30. The number of carbonyl (C=O) groups excluding carboxylic acids is 1. The second-order valence-electron chi connectivity index (χ2n) is 8.41. The fraction of sp³-hybridized carbons (Fsp3) is 0.385. The van der Waals surface area contributed by atoms with Crippen LogP contribution in [0.1, 0.15) is 31.0 Å². The first-order chi connectivity index (χ1) is 15.6. The smallest absolute Gasteiger partial charge is 0.228 e. The molecule has 0 saturated carbocycles. The lowest BCUT2D eigenvalue weighted by molar-refractivity contribution is -0.121. The summed E-state index contributed by atoms with van der Waals surface area (Å²) in [5.74, 6) is 0.892. The number of para-hydroxylation sites is 1. The Morgan fingerprint density at radius 1 is 1.19 bits per heavy atom. The fourth-order valence-electron chi connectivity index (χ4n) is 4.46. The summed E-state index contributed by atoms with van der Waals surface area (Å²) in [6.45, 7) is 7.74. The molecule has 1 N–H and O–H groups in total. The molecule has 0 aliphatic carbocycles. The molecule has 0 spiro atoms. The van der Waals surface area contributed by atoms with E-state index in [0.29, 0.717) is 0 Å². The number of rotatable bonds is 7. The highest BCUT2D eigenvalue weighted by atomic mass is 16.5. The first-order valence-corrected chi connectivity index (χ1v) is 11.4. The monoisotopic (exact) mass is 432 g/mol. The lowest BCUT2D eigenvalue weighted by Crippen LogP contribution is -2.40. The van der Waals surface area contributed by atoms with Crippen LogP contribution in [0, 0.1) is 12.8 Å². The summed E-state index contributed by atoms with van der Waals surface area (Å²) in [6, 6.07) is 15.9. The minimum Gasteiger partial charge on any atom is -0.497 e. The molecule has 1 aliphatic heterocycles. The predicted octanol–water partition coefficient (Wildman–Crippen LogP) is 4.74. The number of carbonyl (C=O) groups is 1. The number of aromatic nitrogens is 2. The van der Waals surface area contributed by atoms with Gasteiger partial charge in [0, 0.05) is 42.1 Å². The van der Waals surface area contributed by atoms with E-state index in [4.69, 9.17) is 4.74 Å². The molecule has 1 atom stereocenters. The van der Waals surface area contributed by atoms with E-state index in [-0.39, 0.29) is 11.8 Å². The standard InChI is InChI=1S/C26H32N4O2/c1-4-30-19(2)22(16-27-30)18-29-15-7-8-21(17-29)26(31)28-25-10-6-5-9-24(25)20-11-13-23(32-3)14-12-20/h5-6,9-14,16,21H,4,7-8,15,17-18H2,1-3H3,(H,28,31)/t21-/m1/s1. The molecule has 1 aliphatic rings. The van der Waals surface area contributed by atoms with Crippen LogP contribution in [0.5, 0.6) is 5.75 Å². The van der Waals surface area contributed by atoms with Crippen molar-refractivity contribution in [2.45, 2.75) is 39.8 Å². The molecule has 0 bridgehead atoms. The Labute approximate surface area is 190 Å². The molecule has 4 rings (SSSR count). The third-order valence-corrected chi connectivity index (χ3v) is 6.36. The Morgan fingerprint density at radius 2 is 1.97 bits per heavy atom. The Kier molecular flexibility index (Phi) is 6.90. The number of piperidine rings is 1. The molecule has 1 fully saturated rings. The van der Waals surface area contributed by atoms with Gasteiger partial charge in [0.25, 0.3) is 0 Å². The Morgan fingerprint density at radius 3 is 2.69 bits per heavy atom. The van der Waals surface area contributed by atoms with Crippen LogP contribution in [-0.4, -0.2) is 40.8 Å². The van der Waals surface area contributed by atoms with E-state index in [9.17, 15) is 4.79 Å². The van der Waals surface area contributed by atoms with E-state index < -0.39 is 0 Å². The number of likely N-dealkylation sites (tertiary alicyclic amines) is 1. The van der Waals surface area contributed by atoms with Crippen molar-refractivity contribution < 1.29 is 9.53 Å². The van der Waals surface area contributed by atoms with Crippen molar-refractivity contribution in [3.05, 3.63) is 66.0 Å². The van der Waals surface area contributed by atoms with Gasteiger partial charge in [-0.25, -0.2) is 0 Å².